The summed E-state index contributed by atoms with van der Waals surface area (Å²) in [5.74, 6) is -1.04. The van der Waals surface area contributed by atoms with Crippen molar-refractivity contribution < 1.29 is 9.18 Å². The predicted octanol–water partition coefficient (Wildman–Crippen LogP) is 2.94. The summed E-state index contributed by atoms with van der Waals surface area (Å²) in [4.78, 5) is 18.4. The van der Waals surface area contributed by atoms with E-state index in [1.165, 1.54) is 12.3 Å². The van der Waals surface area contributed by atoms with Crippen LogP contribution < -0.4 is 0 Å². The second kappa shape index (κ2) is 5.73. The Labute approximate surface area is 109 Å². The van der Waals surface area contributed by atoms with Crippen LogP contribution in [0.2, 0.25) is 0 Å². The van der Waals surface area contributed by atoms with Gasteiger partial charge in [-0.15, -0.1) is 11.3 Å². The molecule has 0 aliphatic rings. The van der Waals surface area contributed by atoms with Crippen LogP contribution in [0.25, 0.3) is 0 Å². The number of hydrogen-bond acceptors (Lipinski definition) is 3. The van der Waals surface area contributed by atoms with Crippen LogP contribution in [0.15, 0.2) is 35.8 Å². The van der Waals surface area contributed by atoms with Gasteiger partial charge in [0.2, 0.25) is 5.95 Å². The zero-order valence-corrected chi connectivity index (χ0v) is 10.8. The first-order valence-corrected chi connectivity index (χ1v) is 6.52. The van der Waals surface area contributed by atoms with E-state index in [0.29, 0.717) is 13.1 Å². The summed E-state index contributed by atoms with van der Waals surface area (Å²) in [5.41, 5.74) is 0.0240. The highest BCUT2D eigenvalue weighted by Crippen LogP contribution is 2.15. The standard InChI is InChI=1S/C13H13FN2OS/c1-2-16(9-10-5-4-8-18-10)13(17)11-6-3-7-15-12(11)14/h3-8H,2,9H2,1H3. The molecule has 3 nitrogen and oxygen atoms in total. The quantitative estimate of drug-likeness (QED) is 0.795. The van der Waals surface area contributed by atoms with Crippen LogP contribution in [0.4, 0.5) is 4.39 Å². The van der Waals surface area contributed by atoms with Gasteiger partial charge in [0, 0.05) is 17.6 Å². The normalized spacial score (nSPS) is 10.3. The molecule has 0 aliphatic carbocycles. The Kier molecular flexibility index (Phi) is 4.04. The zero-order chi connectivity index (χ0) is 13.0. The first-order chi connectivity index (χ1) is 8.72. The Morgan fingerprint density at radius 1 is 1.44 bits per heavy atom. The highest BCUT2D eigenvalue weighted by Gasteiger charge is 2.18. The lowest BCUT2D eigenvalue weighted by atomic mass is 10.2. The molecule has 2 aromatic rings. The maximum Gasteiger partial charge on any atom is 0.258 e. The predicted molar refractivity (Wildman–Crippen MR) is 68.9 cm³/mol. The first-order valence-electron chi connectivity index (χ1n) is 5.64. The van der Waals surface area contributed by atoms with Crippen LogP contribution in [0.1, 0.15) is 22.2 Å². The SMILES string of the molecule is CCN(Cc1cccs1)C(=O)c1cccnc1F. The largest absolute Gasteiger partial charge is 0.334 e. The van der Waals surface area contributed by atoms with Crippen molar-refractivity contribution in [2.75, 3.05) is 6.54 Å². The van der Waals surface area contributed by atoms with Gasteiger partial charge in [-0.05, 0) is 30.5 Å². The minimum absolute atomic E-state index is 0.0240. The molecule has 0 spiro atoms. The van der Waals surface area contributed by atoms with Crippen LogP contribution in [-0.4, -0.2) is 22.3 Å². The summed E-state index contributed by atoms with van der Waals surface area (Å²) < 4.78 is 13.5. The molecule has 18 heavy (non-hydrogen) atoms. The van der Waals surface area contributed by atoms with Crippen LogP contribution >= 0.6 is 11.3 Å². The average Bonchev–Trinajstić information content (AvgIpc) is 2.88. The molecule has 0 saturated carbocycles. The van der Waals surface area contributed by atoms with E-state index in [4.69, 9.17) is 0 Å². The van der Waals surface area contributed by atoms with E-state index in [1.807, 2.05) is 24.4 Å². The number of rotatable bonds is 4. The molecule has 1 amide bonds. The van der Waals surface area contributed by atoms with Crippen LogP contribution in [0.3, 0.4) is 0 Å². The summed E-state index contributed by atoms with van der Waals surface area (Å²) in [6.07, 6.45) is 1.33. The molecular formula is C13H13FN2OS. The number of carbonyl (C=O) groups is 1. The maximum atomic E-state index is 13.5. The third-order valence-electron chi connectivity index (χ3n) is 2.59. The maximum absolute atomic E-state index is 13.5. The Morgan fingerprint density at radius 2 is 2.28 bits per heavy atom. The average molecular weight is 264 g/mol. The molecule has 0 atom stereocenters. The van der Waals surface area contributed by atoms with E-state index in [-0.39, 0.29) is 11.5 Å². The van der Waals surface area contributed by atoms with Crippen LogP contribution in [0, 0.1) is 5.95 Å². The Balaban J connectivity index is 2.18. The third kappa shape index (κ3) is 2.73. The van der Waals surface area contributed by atoms with Crippen LogP contribution in [-0.2, 0) is 6.54 Å². The van der Waals surface area contributed by atoms with Crippen molar-refractivity contribution in [1.29, 1.82) is 0 Å². The summed E-state index contributed by atoms with van der Waals surface area (Å²) in [6, 6.07) is 6.92. The molecular weight excluding hydrogens is 251 g/mol. The Bertz CT molecular complexity index is 528. The number of halogens is 1. The molecule has 0 fully saturated rings. The van der Waals surface area contributed by atoms with Crippen molar-refractivity contribution in [2.24, 2.45) is 0 Å². The fourth-order valence-electron chi connectivity index (χ4n) is 1.63. The number of thiophene rings is 1. The molecule has 0 radical (unpaired) electrons. The Hall–Kier alpha value is -1.75. The van der Waals surface area contributed by atoms with E-state index in [1.54, 1.807) is 22.3 Å². The summed E-state index contributed by atoms with van der Waals surface area (Å²) in [6.45, 7) is 2.91. The minimum Gasteiger partial charge on any atom is -0.334 e. The topological polar surface area (TPSA) is 33.2 Å². The van der Waals surface area contributed by atoms with Crippen molar-refractivity contribution in [3.05, 3.63) is 52.2 Å². The second-order valence-corrected chi connectivity index (χ2v) is 4.77. The van der Waals surface area contributed by atoms with Crippen molar-refractivity contribution in [3.8, 4) is 0 Å². The molecule has 94 valence electrons. The molecule has 0 unspecified atom stereocenters. The zero-order valence-electron chi connectivity index (χ0n) is 9.97. The number of hydrogen-bond donors (Lipinski definition) is 0. The minimum atomic E-state index is -0.716. The van der Waals surface area contributed by atoms with Crippen molar-refractivity contribution in [2.45, 2.75) is 13.5 Å². The molecule has 2 rings (SSSR count). The molecule has 5 heteroatoms. The third-order valence-corrected chi connectivity index (χ3v) is 3.45. The molecule has 0 saturated heterocycles. The van der Waals surface area contributed by atoms with Gasteiger partial charge in [-0.25, -0.2) is 4.98 Å². The molecule has 2 heterocycles. The van der Waals surface area contributed by atoms with E-state index < -0.39 is 5.95 Å². The first kappa shape index (κ1) is 12.7. The summed E-state index contributed by atoms with van der Waals surface area (Å²) in [5, 5.41) is 1.96. The van der Waals surface area contributed by atoms with E-state index in [2.05, 4.69) is 4.98 Å². The van der Waals surface area contributed by atoms with Gasteiger partial charge in [0.1, 0.15) is 0 Å². The molecule has 0 aromatic carbocycles. The monoisotopic (exact) mass is 264 g/mol. The van der Waals surface area contributed by atoms with Crippen molar-refractivity contribution in [3.63, 3.8) is 0 Å². The van der Waals surface area contributed by atoms with E-state index in [9.17, 15) is 9.18 Å². The van der Waals surface area contributed by atoms with Crippen molar-refractivity contribution in [1.82, 2.24) is 9.88 Å². The van der Waals surface area contributed by atoms with E-state index >= 15 is 0 Å². The molecule has 2 aromatic heterocycles. The fourth-order valence-corrected chi connectivity index (χ4v) is 2.35. The van der Waals surface area contributed by atoms with Crippen molar-refractivity contribution >= 4 is 17.2 Å². The highest BCUT2D eigenvalue weighted by molar-refractivity contribution is 7.09. The van der Waals surface area contributed by atoms with Gasteiger partial charge in [0.25, 0.3) is 5.91 Å². The second-order valence-electron chi connectivity index (χ2n) is 3.74. The van der Waals surface area contributed by atoms with E-state index in [0.717, 1.165) is 4.88 Å². The lowest BCUT2D eigenvalue weighted by Crippen LogP contribution is -2.30. The Morgan fingerprint density at radius 3 is 2.89 bits per heavy atom. The van der Waals surface area contributed by atoms with Gasteiger partial charge in [0.05, 0.1) is 12.1 Å². The summed E-state index contributed by atoms with van der Waals surface area (Å²) >= 11 is 1.58. The molecule has 0 N–H and O–H groups in total. The van der Waals surface area contributed by atoms with Gasteiger partial charge in [-0.3, -0.25) is 4.79 Å². The van der Waals surface area contributed by atoms with Gasteiger partial charge < -0.3 is 4.90 Å². The number of carbonyl (C=O) groups excluding carboxylic acids is 1. The highest BCUT2D eigenvalue weighted by atomic mass is 32.1. The number of pyridine rings is 1. The molecule has 0 bridgehead atoms. The van der Waals surface area contributed by atoms with Gasteiger partial charge in [0.15, 0.2) is 0 Å². The van der Waals surface area contributed by atoms with Crippen LogP contribution in [0.5, 0.6) is 0 Å². The number of amides is 1. The number of nitrogens with zero attached hydrogens (tertiary/aromatic N) is 2. The lowest BCUT2D eigenvalue weighted by molar-refractivity contribution is 0.0748. The van der Waals surface area contributed by atoms with Gasteiger partial charge in [-0.2, -0.15) is 4.39 Å². The smallest absolute Gasteiger partial charge is 0.258 e. The van der Waals surface area contributed by atoms with Gasteiger partial charge in [-0.1, -0.05) is 6.07 Å². The van der Waals surface area contributed by atoms with Gasteiger partial charge >= 0.3 is 0 Å². The fraction of sp³-hybridized carbons (Fsp3) is 0.231. The molecule has 0 aliphatic heterocycles. The lowest BCUT2D eigenvalue weighted by Gasteiger charge is -2.20. The number of aromatic nitrogens is 1. The summed E-state index contributed by atoms with van der Waals surface area (Å²) in [7, 11) is 0.